The Kier molecular flexibility index (Phi) is 3.58. The first-order valence-electron chi connectivity index (χ1n) is 6.95. The Bertz CT molecular complexity index is 762. The first kappa shape index (κ1) is 13.6. The van der Waals surface area contributed by atoms with Gasteiger partial charge in [0.25, 0.3) is 0 Å². The van der Waals surface area contributed by atoms with Gasteiger partial charge in [-0.1, -0.05) is 6.07 Å². The van der Waals surface area contributed by atoms with Gasteiger partial charge >= 0.3 is 0 Å². The molecule has 108 valence electrons. The quantitative estimate of drug-likeness (QED) is 0.721. The molecule has 0 saturated carbocycles. The van der Waals surface area contributed by atoms with Crippen LogP contribution < -0.4 is 5.73 Å². The van der Waals surface area contributed by atoms with Crippen molar-refractivity contribution in [2.45, 2.75) is 20.0 Å². The predicted octanol–water partition coefficient (Wildman–Crippen LogP) is 2.48. The number of nitrogens with one attached hydrogen (secondary N) is 1. The number of benzene rings is 1. The van der Waals surface area contributed by atoms with Crippen LogP contribution >= 0.6 is 0 Å². The summed E-state index contributed by atoms with van der Waals surface area (Å²) < 4.78 is 0. The second-order valence-electron chi connectivity index (χ2n) is 5.40. The van der Waals surface area contributed by atoms with Gasteiger partial charge in [0.2, 0.25) is 0 Å². The van der Waals surface area contributed by atoms with Crippen LogP contribution in [0.5, 0.6) is 0 Å². The van der Waals surface area contributed by atoms with Gasteiger partial charge in [0.15, 0.2) is 0 Å². The molecule has 2 aromatic heterocycles. The predicted molar refractivity (Wildman–Crippen MR) is 84.7 cm³/mol. The van der Waals surface area contributed by atoms with E-state index in [1.165, 1.54) is 0 Å². The summed E-state index contributed by atoms with van der Waals surface area (Å²) in [4.78, 5) is 14.6. The molecule has 0 fully saturated rings. The van der Waals surface area contributed by atoms with Crippen LogP contribution in [0, 0.1) is 6.92 Å². The second-order valence-corrected chi connectivity index (χ2v) is 5.40. The minimum absolute atomic E-state index is 0.740. The molecule has 0 unspecified atom stereocenters. The zero-order valence-corrected chi connectivity index (χ0v) is 12.3. The van der Waals surface area contributed by atoms with E-state index in [2.05, 4.69) is 26.9 Å². The Morgan fingerprint density at radius 3 is 2.81 bits per heavy atom. The molecule has 0 saturated heterocycles. The lowest BCUT2D eigenvalue weighted by Crippen LogP contribution is -2.18. The van der Waals surface area contributed by atoms with E-state index in [0.29, 0.717) is 0 Å². The van der Waals surface area contributed by atoms with Gasteiger partial charge in [-0.25, -0.2) is 4.98 Å². The van der Waals surface area contributed by atoms with Crippen LogP contribution in [0.3, 0.4) is 0 Å². The number of H-pyrrole nitrogens is 1. The number of aromatic amines is 1. The van der Waals surface area contributed by atoms with Crippen molar-refractivity contribution in [2.24, 2.45) is 0 Å². The van der Waals surface area contributed by atoms with Gasteiger partial charge in [0.05, 0.1) is 23.3 Å². The Morgan fingerprint density at radius 2 is 2.00 bits per heavy atom. The van der Waals surface area contributed by atoms with E-state index in [-0.39, 0.29) is 0 Å². The lowest BCUT2D eigenvalue weighted by atomic mass is 10.3. The van der Waals surface area contributed by atoms with Gasteiger partial charge in [-0.2, -0.15) is 0 Å². The van der Waals surface area contributed by atoms with Crippen LogP contribution in [0.4, 0.5) is 5.69 Å². The SMILES string of the molecule is Cc1cccc(CN(C)Cc2nc3ccc(N)cc3[nH]2)n1. The molecule has 2 heterocycles. The number of nitrogens with zero attached hydrogens (tertiary/aromatic N) is 3. The number of hydrogen-bond acceptors (Lipinski definition) is 4. The van der Waals surface area contributed by atoms with Crippen molar-refractivity contribution < 1.29 is 0 Å². The van der Waals surface area contributed by atoms with E-state index in [9.17, 15) is 0 Å². The van der Waals surface area contributed by atoms with Crippen molar-refractivity contribution in [1.82, 2.24) is 19.9 Å². The number of rotatable bonds is 4. The number of fused-ring (bicyclic) bond motifs is 1. The average molecular weight is 281 g/mol. The highest BCUT2D eigenvalue weighted by molar-refractivity contribution is 5.78. The summed E-state index contributed by atoms with van der Waals surface area (Å²) >= 11 is 0. The molecule has 1 aromatic carbocycles. The number of hydrogen-bond donors (Lipinski definition) is 2. The van der Waals surface area contributed by atoms with Crippen molar-refractivity contribution in [3.05, 3.63) is 53.6 Å². The summed E-state index contributed by atoms with van der Waals surface area (Å²) in [6.45, 7) is 3.54. The number of imidazole rings is 1. The van der Waals surface area contributed by atoms with Crippen molar-refractivity contribution in [3.63, 3.8) is 0 Å². The molecule has 0 bridgehead atoms. The Labute approximate surface area is 123 Å². The summed E-state index contributed by atoms with van der Waals surface area (Å²) in [5.41, 5.74) is 10.6. The van der Waals surface area contributed by atoms with Crippen molar-refractivity contribution in [1.29, 1.82) is 0 Å². The summed E-state index contributed by atoms with van der Waals surface area (Å²) in [7, 11) is 2.06. The van der Waals surface area contributed by atoms with Crippen LogP contribution in [0.15, 0.2) is 36.4 Å². The molecular formula is C16H19N5. The fourth-order valence-corrected chi connectivity index (χ4v) is 2.43. The summed E-state index contributed by atoms with van der Waals surface area (Å²) in [6, 6.07) is 11.8. The van der Waals surface area contributed by atoms with Crippen molar-refractivity contribution >= 4 is 16.7 Å². The van der Waals surface area contributed by atoms with Gasteiger partial charge in [-0.3, -0.25) is 9.88 Å². The average Bonchev–Trinajstić information content (AvgIpc) is 2.79. The lowest BCUT2D eigenvalue weighted by molar-refractivity contribution is 0.308. The summed E-state index contributed by atoms with van der Waals surface area (Å²) in [5.74, 6) is 0.936. The summed E-state index contributed by atoms with van der Waals surface area (Å²) in [6.07, 6.45) is 0. The fraction of sp³-hybridized carbons (Fsp3) is 0.250. The molecule has 21 heavy (non-hydrogen) atoms. The highest BCUT2D eigenvalue weighted by Gasteiger charge is 2.07. The van der Waals surface area contributed by atoms with E-state index in [4.69, 9.17) is 5.73 Å². The highest BCUT2D eigenvalue weighted by Crippen LogP contribution is 2.16. The number of aryl methyl sites for hydroxylation is 1. The van der Waals surface area contributed by atoms with Gasteiger partial charge in [0, 0.05) is 17.9 Å². The molecule has 0 atom stereocenters. The Balaban J connectivity index is 1.72. The molecule has 0 aliphatic carbocycles. The van der Waals surface area contributed by atoms with Crippen molar-refractivity contribution in [2.75, 3.05) is 12.8 Å². The fourth-order valence-electron chi connectivity index (χ4n) is 2.43. The maximum absolute atomic E-state index is 5.78. The molecule has 0 aliphatic rings. The molecule has 0 aliphatic heterocycles. The highest BCUT2D eigenvalue weighted by atomic mass is 15.1. The Hall–Kier alpha value is -2.40. The second kappa shape index (κ2) is 5.54. The largest absolute Gasteiger partial charge is 0.399 e. The van der Waals surface area contributed by atoms with Gasteiger partial charge in [-0.05, 0) is 44.3 Å². The number of nitrogens with two attached hydrogens (primary N) is 1. The van der Waals surface area contributed by atoms with E-state index in [0.717, 1.165) is 47.0 Å². The van der Waals surface area contributed by atoms with Crippen LogP contribution in [0.25, 0.3) is 11.0 Å². The smallest absolute Gasteiger partial charge is 0.121 e. The number of anilines is 1. The normalized spacial score (nSPS) is 11.4. The number of nitrogen functional groups attached to an aromatic ring is 1. The standard InChI is InChI=1S/C16H19N5/c1-11-4-3-5-13(18-11)9-21(2)10-16-19-14-7-6-12(17)8-15(14)20-16/h3-8H,9-10,17H2,1-2H3,(H,19,20). The molecule has 0 spiro atoms. The van der Waals surface area contributed by atoms with E-state index < -0.39 is 0 Å². The monoisotopic (exact) mass is 281 g/mol. The minimum Gasteiger partial charge on any atom is -0.399 e. The van der Waals surface area contributed by atoms with Crippen LogP contribution in [-0.4, -0.2) is 26.9 Å². The van der Waals surface area contributed by atoms with Crippen LogP contribution in [0.1, 0.15) is 17.2 Å². The zero-order valence-electron chi connectivity index (χ0n) is 12.3. The maximum atomic E-state index is 5.78. The van der Waals surface area contributed by atoms with E-state index in [1.54, 1.807) is 0 Å². The number of pyridine rings is 1. The molecular weight excluding hydrogens is 262 g/mol. The van der Waals surface area contributed by atoms with Crippen molar-refractivity contribution in [3.8, 4) is 0 Å². The summed E-state index contributed by atoms with van der Waals surface area (Å²) in [5, 5.41) is 0. The molecule has 3 N–H and O–H groups in total. The molecule has 3 aromatic rings. The van der Waals surface area contributed by atoms with E-state index in [1.807, 2.05) is 43.3 Å². The molecule has 3 rings (SSSR count). The molecule has 5 heteroatoms. The minimum atomic E-state index is 0.740. The third-order valence-electron chi connectivity index (χ3n) is 3.35. The van der Waals surface area contributed by atoms with Gasteiger partial charge in [-0.15, -0.1) is 0 Å². The first-order chi connectivity index (χ1) is 10.1. The topological polar surface area (TPSA) is 70.8 Å². The van der Waals surface area contributed by atoms with E-state index >= 15 is 0 Å². The van der Waals surface area contributed by atoms with Gasteiger partial charge in [0.1, 0.15) is 5.82 Å². The first-order valence-corrected chi connectivity index (χ1v) is 6.95. The Morgan fingerprint density at radius 1 is 1.14 bits per heavy atom. The van der Waals surface area contributed by atoms with Crippen LogP contribution in [-0.2, 0) is 13.1 Å². The molecule has 5 nitrogen and oxygen atoms in total. The third kappa shape index (κ3) is 3.20. The zero-order chi connectivity index (χ0) is 14.8. The lowest BCUT2D eigenvalue weighted by Gasteiger charge is -2.14. The number of aromatic nitrogens is 3. The maximum Gasteiger partial charge on any atom is 0.121 e. The molecule has 0 radical (unpaired) electrons. The van der Waals surface area contributed by atoms with Crippen LogP contribution in [0.2, 0.25) is 0 Å². The van der Waals surface area contributed by atoms with Gasteiger partial charge < -0.3 is 10.7 Å². The third-order valence-corrected chi connectivity index (χ3v) is 3.35. The molecule has 0 amide bonds.